The lowest BCUT2D eigenvalue weighted by Crippen LogP contribution is -2.03. The first kappa shape index (κ1) is 10.3. The Kier molecular flexibility index (Phi) is 2.37. The van der Waals surface area contributed by atoms with E-state index in [2.05, 4.69) is 0 Å². The molecule has 0 spiro atoms. The number of halogens is 2. The molecular formula is C10H7Cl2NO2. The highest BCUT2D eigenvalue weighted by Gasteiger charge is 2.14. The summed E-state index contributed by atoms with van der Waals surface area (Å²) in [5.74, 6) is -0.985. The smallest absolute Gasteiger partial charge is 0.352 e. The van der Waals surface area contributed by atoms with Gasteiger partial charge in [-0.3, -0.25) is 0 Å². The standard InChI is InChI=1S/C10H7Cl2NO2/c1-13-8-3-5(11)2-7(12)6(8)4-9(13)10(14)15/h2-4H,1H3,(H,14,15). The molecule has 2 aromatic rings. The largest absolute Gasteiger partial charge is 0.477 e. The molecule has 2 rings (SSSR count). The molecule has 1 heterocycles. The highest BCUT2D eigenvalue weighted by Crippen LogP contribution is 2.29. The van der Waals surface area contributed by atoms with Crippen LogP contribution >= 0.6 is 23.2 Å². The number of carboxylic acids is 1. The van der Waals surface area contributed by atoms with Crippen LogP contribution in [0.1, 0.15) is 10.5 Å². The second-order valence-electron chi connectivity index (χ2n) is 3.21. The predicted octanol–water partition coefficient (Wildman–Crippen LogP) is 3.18. The van der Waals surface area contributed by atoms with Gasteiger partial charge < -0.3 is 9.67 Å². The van der Waals surface area contributed by atoms with E-state index < -0.39 is 5.97 Å². The SMILES string of the molecule is Cn1c(C(=O)O)cc2c(Cl)cc(Cl)cc21. The molecule has 0 amide bonds. The molecule has 1 aromatic heterocycles. The van der Waals surface area contributed by atoms with E-state index in [0.29, 0.717) is 20.9 Å². The zero-order chi connectivity index (χ0) is 11.2. The van der Waals surface area contributed by atoms with Crippen molar-refractivity contribution in [2.75, 3.05) is 0 Å². The van der Waals surface area contributed by atoms with Crippen molar-refractivity contribution < 1.29 is 9.90 Å². The van der Waals surface area contributed by atoms with Crippen LogP contribution in [0.5, 0.6) is 0 Å². The van der Waals surface area contributed by atoms with Gasteiger partial charge in [0, 0.05) is 17.5 Å². The number of benzene rings is 1. The number of fused-ring (bicyclic) bond motifs is 1. The van der Waals surface area contributed by atoms with Crippen LogP contribution in [0.2, 0.25) is 10.0 Å². The number of aromatic nitrogens is 1. The van der Waals surface area contributed by atoms with Gasteiger partial charge in [-0.05, 0) is 18.2 Å². The molecule has 0 saturated heterocycles. The Morgan fingerprint density at radius 3 is 2.60 bits per heavy atom. The first-order valence-corrected chi connectivity index (χ1v) is 4.94. The van der Waals surface area contributed by atoms with Gasteiger partial charge in [-0.15, -0.1) is 0 Å². The van der Waals surface area contributed by atoms with Gasteiger partial charge in [0.15, 0.2) is 0 Å². The van der Waals surface area contributed by atoms with Crippen LogP contribution in [-0.2, 0) is 7.05 Å². The highest BCUT2D eigenvalue weighted by molar-refractivity contribution is 6.38. The van der Waals surface area contributed by atoms with E-state index in [0.717, 1.165) is 0 Å². The Labute approximate surface area is 95.8 Å². The van der Waals surface area contributed by atoms with Crippen LogP contribution in [0.3, 0.4) is 0 Å². The molecule has 0 aliphatic carbocycles. The third kappa shape index (κ3) is 1.58. The lowest BCUT2D eigenvalue weighted by Gasteiger charge is -2.00. The maximum Gasteiger partial charge on any atom is 0.352 e. The van der Waals surface area contributed by atoms with E-state index in [-0.39, 0.29) is 5.69 Å². The van der Waals surface area contributed by atoms with E-state index in [9.17, 15) is 4.79 Å². The minimum Gasteiger partial charge on any atom is -0.477 e. The maximum atomic E-state index is 10.9. The van der Waals surface area contributed by atoms with Gasteiger partial charge in [-0.2, -0.15) is 0 Å². The third-order valence-corrected chi connectivity index (χ3v) is 2.83. The number of nitrogens with zero attached hydrogens (tertiary/aromatic N) is 1. The molecule has 0 saturated carbocycles. The van der Waals surface area contributed by atoms with Gasteiger partial charge in [0.25, 0.3) is 0 Å². The summed E-state index contributed by atoms with van der Waals surface area (Å²) in [5.41, 5.74) is 0.902. The molecule has 0 atom stereocenters. The molecule has 0 radical (unpaired) electrons. The van der Waals surface area contributed by atoms with E-state index in [4.69, 9.17) is 28.3 Å². The van der Waals surface area contributed by atoms with E-state index in [1.807, 2.05) is 0 Å². The molecule has 5 heteroatoms. The van der Waals surface area contributed by atoms with Crippen LogP contribution < -0.4 is 0 Å². The summed E-state index contributed by atoms with van der Waals surface area (Å²) in [7, 11) is 1.67. The molecular weight excluding hydrogens is 237 g/mol. The molecule has 0 fully saturated rings. The highest BCUT2D eigenvalue weighted by atomic mass is 35.5. The quantitative estimate of drug-likeness (QED) is 0.836. The molecule has 0 aliphatic rings. The summed E-state index contributed by atoms with van der Waals surface area (Å²) < 4.78 is 1.55. The van der Waals surface area contributed by atoms with Crippen molar-refractivity contribution in [1.29, 1.82) is 0 Å². The second kappa shape index (κ2) is 3.43. The van der Waals surface area contributed by atoms with Crippen molar-refractivity contribution in [1.82, 2.24) is 4.57 Å². The monoisotopic (exact) mass is 243 g/mol. The van der Waals surface area contributed by atoms with Gasteiger partial charge in [-0.25, -0.2) is 4.79 Å². The van der Waals surface area contributed by atoms with Gasteiger partial charge in [-0.1, -0.05) is 23.2 Å². The van der Waals surface area contributed by atoms with Crippen molar-refractivity contribution in [2.45, 2.75) is 0 Å². The Hall–Kier alpha value is -1.19. The fraction of sp³-hybridized carbons (Fsp3) is 0.100. The Bertz CT molecular complexity index is 560. The average Bonchev–Trinajstić information content (AvgIpc) is 2.44. The van der Waals surface area contributed by atoms with E-state index in [1.165, 1.54) is 6.07 Å². The lowest BCUT2D eigenvalue weighted by atomic mass is 10.2. The van der Waals surface area contributed by atoms with Crippen LogP contribution in [0.4, 0.5) is 0 Å². The summed E-state index contributed by atoms with van der Waals surface area (Å²) in [5, 5.41) is 10.6. The zero-order valence-corrected chi connectivity index (χ0v) is 9.30. The Balaban J connectivity index is 2.88. The fourth-order valence-electron chi connectivity index (χ4n) is 1.56. The molecule has 3 nitrogen and oxygen atoms in total. The van der Waals surface area contributed by atoms with Crippen LogP contribution in [0.25, 0.3) is 10.9 Å². The van der Waals surface area contributed by atoms with Crippen molar-refractivity contribution in [3.05, 3.63) is 33.9 Å². The van der Waals surface area contributed by atoms with Crippen molar-refractivity contribution in [3.63, 3.8) is 0 Å². The molecule has 1 aromatic carbocycles. The minimum absolute atomic E-state index is 0.189. The maximum absolute atomic E-state index is 10.9. The van der Waals surface area contributed by atoms with E-state index >= 15 is 0 Å². The molecule has 0 bridgehead atoms. The number of aryl methyl sites for hydroxylation is 1. The Morgan fingerprint density at radius 1 is 1.33 bits per heavy atom. The summed E-state index contributed by atoms with van der Waals surface area (Å²) in [6, 6.07) is 4.82. The normalized spacial score (nSPS) is 10.9. The first-order valence-electron chi connectivity index (χ1n) is 4.18. The number of carboxylic acid groups (broad SMARTS) is 1. The van der Waals surface area contributed by atoms with Crippen LogP contribution in [-0.4, -0.2) is 15.6 Å². The number of aromatic carboxylic acids is 1. The Morgan fingerprint density at radius 2 is 2.00 bits per heavy atom. The molecule has 0 unspecified atom stereocenters. The van der Waals surface area contributed by atoms with Crippen molar-refractivity contribution in [3.8, 4) is 0 Å². The average molecular weight is 244 g/mol. The minimum atomic E-state index is -0.985. The van der Waals surface area contributed by atoms with Crippen molar-refractivity contribution in [2.24, 2.45) is 7.05 Å². The number of rotatable bonds is 1. The first-order chi connectivity index (χ1) is 7.00. The van der Waals surface area contributed by atoms with Crippen LogP contribution in [0, 0.1) is 0 Å². The number of hydrogen-bond donors (Lipinski definition) is 1. The van der Waals surface area contributed by atoms with Gasteiger partial charge in [0.05, 0.1) is 10.5 Å². The number of hydrogen-bond acceptors (Lipinski definition) is 1. The van der Waals surface area contributed by atoms with Crippen LogP contribution in [0.15, 0.2) is 18.2 Å². The molecule has 78 valence electrons. The molecule has 15 heavy (non-hydrogen) atoms. The van der Waals surface area contributed by atoms with Gasteiger partial charge in [0.1, 0.15) is 5.69 Å². The van der Waals surface area contributed by atoms with Gasteiger partial charge in [0.2, 0.25) is 0 Å². The summed E-state index contributed by atoms with van der Waals surface area (Å²) in [6.07, 6.45) is 0. The molecule has 0 aliphatic heterocycles. The predicted molar refractivity (Wildman–Crippen MR) is 59.9 cm³/mol. The van der Waals surface area contributed by atoms with Gasteiger partial charge >= 0.3 is 5.97 Å². The zero-order valence-electron chi connectivity index (χ0n) is 7.79. The molecule has 1 N–H and O–H groups in total. The summed E-state index contributed by atoms with van der Waals surface area (Å²) >= 11 is 11.8. The third-order valence-electron chi connectivity index (χ3n) is 2.30. The number of carbonyl (C=O) groups is 1. The van der Waals surface area contributed by atoms with E-state index in [1.54, 1.807) is 23.7 Å². The summed E-state index contributed by atoms with van der Waals surface area (Å²) in [4.78, 5) is 10.9. The summed E-state index contributed by atoms with van der Waals surface area (Å²) in [6.45, 7) is 0. The topological polar surface area (TPSA) is 42.2 Å². The lowest BCUT2D eigenvalue weighted by molar-refractivity contribution is 0.0687. The second-order valence-corrected chi connectivity index (χ2v) is 4.06. The fourth-order valence-corrected chi connectivity index (χ4v) is 2.10. The van der Waals surface area contributed by atoms with Crippen molar-refractivity contribution >= 4 is 40.1 Å².